The van der Waals surface area contributed by atoms with E-state index >= 15 is 0 Å². The molecule has 0 radical (unpaired) electrons. The number of esters is 2. The summed E-state index contributed by atoms with van der Waals surface area (Å²) >= 11 is 11.8. The highest BCUT2D eigenvalue weighted by Crippen LogP contribution is 2.26. The summed E-state index contributed by atoms with van der Waals surface area (Å²) in [6.07, 6.45) is 1.56. The fraction of sp³-hybridized carbons (Fsp3) is 0.160. The summed E-state index contributed by atoms with van der Waals surface area (Å²) in [5.74, 6) is -1.21. The molecule has 1 atom stereocenters. The number of ether oxygens (including phenoxy) is 1. The summed E-state index contributed by atoms with van der Waals surface area (Å²) < 4.78 is 4.97. The van der Waals surface area contributed by atoms with Crippen LogP contribution >= 0.6 is 23.2 Å². The molecule has 0 bridgehead atoms. The molecule has 1 aliphatic heterocycles. The van der Waals surface area contributed by atoms with Crippen LogP contribution in [0, 0.1) is 0 Å². The summed E-state index contributed by atoms with van der Waals surface area (Å²) in [4.78, 5) is 36.5. The van der Waals surface area contributed by atoms with Gasteiger partial charge < -0.3 is 20.7 Å². The maximum absolute atomic E-state index is 12.2. The highest BCUT2D eigenvalue weighted by molar-refractivity contribution is 6.42. The van der Waals surface area contributed by atoms with Gasteiger partial charge in [0.25, 0.3) is 0 Å². The zero-order chi connectivity index (χ0) is 24.1. The molecule has 0 unspecified atom stereocenters. The summed E-state index contributed by atoms with van der Waals surface area (Å²) in [5, 5.41) is 9.19. The molecule has 3 aromatic rings. The summed E-state index contributed by atoms with van der Waals surface area (Å²) in [5.41, 5.74) is 3.17. The number of hydrogen-bond acceptors (Lipinski definition) is 5. The first kappa shape index (κ1) is 23.8. The van der Waals surface area contributed by atoms with Gasteiger partial charge in [-0.3, -0.25) is 0 Å². The van der Waals surface area contributed by atoms with E-state index in [1.165, 1.54) is 0 Å². The van der Waals surface area contributed by atoms with Crippen LogP contribution < -0.4 is 16.0 Å². The molecule has 4 rings (SSSR count). The van der Waals surface area contributed by atoms with Crippen molar-refractivity contribution in [2.24, 2.45) is 0 Å². The van der Waals surface area contributed by atoms with Crippen molar-refractivity contribution in [2.45, 2.75) is 18.9 Å². The maximum atomic E-state index is 12.2. The molecule has 3 N–H and O–H groups in total. The Balaban J connectivity index is 1.33. The predicted molar refractivity (Wildman–Crippen MR) is 132 cm³/mol. The van der Waals surface area contributed by atoms with Crippen LogP contribution in [-0.4, -0.2) is 30.6 Å². The minimum absolute atomic E-state index is 0.298. The van der Waals surface area contributed by atoms with Gasteiger partial charge in [-0.2, -0.15) is 0 Å². The molecule has 174 valence electrons. The molecule has 34 heavy (non-hydrogen) atoms. The molecule has 0 spiro atoms. The van der Waals surface area contributed by atoms with E-state index in [2.05, 4.69) is 16.0 Å². The lowest BCUT2D eigenvalue weighted by Gasteiger charge is -2.10. The Hall–Kier alpha value is -3.39. The van der Waals surface area contributed by atoms with Gasteiger partial charge in [-0.25, -0.2) is 14.4 Å². The smallest absolute Gasteiger partial charge is 0.345 e. The number of amides is 2. The lowest BCUT2D eigenvalue weighted by Crippen LogP contribution is -2.33. The zero-order valence-corrected chi connectivity index (χ0v) is 19.5. The average Bonchev–Trinajstić information content (AvgIpc) is 3.37. The van der Waals surface area contributed by atoms with Gasteiger partial charge in [0.1, 0.15) is 6.04 Å². The largest absolute Gasteiger partial charge is 0.388 e. The van der Waals surface area contributed by atoms with E-state index in [1.54, 1.807) is 54.6 Å². The van der Waals surface area contributed by atoms with Crippen LogP contribution in [-0.2, 0) is 9.53 Å². The number of halogens is 2. The third-order valence-corrected chi connectivity index (χ3v) is 6.05. The van der Waals surface area contributed by atoms with Crippen molar-refractivity contribution >= 4 is 52.5 Å². The Kier molecular flexibility index (Phi) is 7.47. The molecular formula is C25H21Cl2N3O4. The van der Waals surface area contributed by atoms with E-state index < -0.39 is 24.0 Å². The van der Waals surface area contributed by atoms with Crippen molar-refractivity contribution in [3.63, 3.8) is 0 Å². The monoisotopic (exact) mass is 497 g/mol. The SMILES string of the molecule is O=C(Nc1ccc(-c2ccc(C(=O)OC(=O)[C@H]3CCCN3)cc2)cc1)Nc1ccc(Cl)c(Cl)c1. The van der Waals surface area contributed by atoms with Crippen molar-refractivity contribution in [1.29, 1.82) is 0 Å². The molecule has 1 fully saturated rings. The fourth-order valence-electron chi connectivity index (χ4n) is 3.52. The van der Waals surface area contributed by atoms with Crippen LogP contribution in [0.15, 0.2) is 66.7 Å². The summed E-state index contributed by atoms with van der Waals surface area (Å²) in [6, 6.07) is 18.0. The highest BCUT2D eigenvalue weighted by atomic mass is 35.5. The van der Waals surface area contributed by atoms with Crippen molar-refractivity contribution in [3.05, 3.63) is 82.3 Å². The van der Waals surface area contributed by atoms with E-state index in [0.29, 0.717) is 33.4 Å². The second-order valence-electron chi connectivity index (χ2n) is 7.72. The van der Waals surface area contributed by atoms with Crippen LogP contribution in [0.5, 0.6) is 0 Å². The normalized spacial score (nSPS) is 14.9. The quantitative estimate of drug-likeness (QED) is 0.308. The molecule has 1 heterocycles. The van der Waals surface area contributed by atoms with Crippen molar-refractivity contribution in [3.8, 4) is 11.1 Å². The zero-order valence-electron chi connectivity index (χ0n) is 17.9. The molecule has 1 aliphatic rings. The third-order valence-electron chi connectivity index (χ3n) is 5.31. The number of anilines is 2. The summed E-state index contributed by atoms with van der Waals surface area (Å²) in [6.45, 7) is 0.749. The van der Waals surface area contributed by atoms with Gasteiger partial charge in [-0.15, -0.1) is 0 Å². The maximum Gasteiger partial charge on any atom is 0.345 e. The topological polar surface area (TPSA) is 96.5 Å². The van der Waals surface area contributed by atoms with Crippen LogP contribution in [0.2, 0.25) is 10.0 Å². The number of urea groups is 1. The first-order valence-corrected chi connectivity index (χ1v) is 11.4. The van der Waals surface area contributed by atoms with Crippen LogP contribution in [0.25, 0.3) is 11.1 Å². The highest BCUT2D eigenvalue weighted by Gasteiger charge is 2.26. The Morgan fingerprint density at radius 1 is 0.824 bits per heavy atom. The number of nitrogens with one attached hydrogen (secondary N) is 3. The number of benzene rings is 3. The van der Waals surface area contributed by atoms with Gasteiger partial charge in [0.15, 0.2) is 0 Å². The molecular weight excluding hydrogens is 477 g/mol. The number of carbonyl (C=O) groups excluding carboxylic acids is 3. The Morgan fingerprint density at radius 3 is 2.06 bits per heavy atom. The Morgan fingerprint density at radius 2 is 1.44 bits per heavy atom. The molecule has 2 amide bonds. The lowest BCUT2D eigenvalue weighted by molar-refractivity contribution is -0.139. The second-order valence-corrected chi connectivity index (χ2v) is 8.53. The summed E-state index contributed by atoms with van der Waals surface area (Å²) in [7, 11) is 0. The second kappa shape index (κ2) is 10.7. The lowest BCUT2D eigenvalue weighted by atomic mass is 10.0. The van der Waals surface area contributed by atoms with E-state index in [1.807, 2.05) is 12.1 Å². The van der Waals surface area contributed by atoms with Gasteiger partial charge >= 0.3 is 18.0 Å². The van der Waals surface area contributed by atoms with Gasteiger partial charge in [0, 0.05) is 11.4 Å². The average molecular weight is 498 g/mol. The van der Waals surface area contributed by atoms with E-state index in [9.17, 15) is 14.4 Å². The van der Waals surface area contributed by atoms with Gasteiger partial charge in [0.05, 0.1) is 15.6 Å². The molecule has 1 saturated heterocycles. The molecule has 0 aromatic heterocycles. The minimum Gasteiger partial charge on any atom is -0.388 e. The van der Waals surface area contributed by atoms with Gasteiger partial charge in [-0.1, -0.05) is 47.5 Å². The minimum atomic E-state index is -0.669. The van der Waals surface area contributed by atoms with Gasteiger partial charge in [0.2, 0.25) is 0 Å². The van der Waals surface area contributed by atoms with Crippen molar-refractivity contribution in [2.75, 3.05) is 17.2 Å². The Bertz CT molecular complexity index is 1210. The van der Waals surface area contributed by atoms with Crippen molar-refractivity contribution < 1.29 is 19.1 Å². The fourth-order valence-corrected chi connectivity index (χ4v) is 3.82. The molecule has 0 aliphatic carbocycles. The first-order valence-electron chi connectivity index (χ1n) is 10.6. The molecule has 3 aromatic carbocycles. The van der Waals surface area contributed by atoms with Gasteiger partial charge in [-0.05, 0) is 73.0 Å². The van der Waals surface area contributed by atoms with Crippen molar-refractivity contribution in [1.82, 2.24) is 5.32 Å². The van der Waals surface area contributed by atoms with Crippen LogP contribution in [0.1, 0.15) is 23.2 Å². The third kappa shape index (κ3) is 5.94. The molecule has 9 heteroatoms. The molecule has 7 nitrogen and oxygen atoms in total. The van der Waals surface area contributed by atoms with E-state index in [4.69, 9.17) is 27.9 Å². The van der Waals surface area contributed by atoms with E-state index in [-0.39, 0.29) is 0 Å². The number of hydrogen-bond donors (Lipinski definition) is 3. The number of rotatable bonds is 5. The molecule has 0 saturated carbocycles. The Labute approximate surface area is 206 Å². The van der Waals surface area contributed by atoms with Crippen LogP contribution in [0.3, 0.4) is 0 Å². The van der Waals surface area contributed by atoms with Crippen LogP contribution in [0.4, 0.5) is 16.2 Å². The first-order chi connectivity index (χ1) is 16.4. The van der Waals surface area contributed by atoms with E-state index in [0.717, 1.165) is 24.1 Å². The standard InChI is InChI=1S/C25H21Cl2N3O4/c26-20-12-11-19(14-21(20)27)30-25(33)29-18-9-7-16(8-10-18)15-3-5-17(6-4-15)23(31)34-24(32)22-2-1-13-28-22/h3-12,14,22,28H,1-2,13H2,(H2,29,30,33)/t22-/m1/s1. The number of carbonyl (C=O) groups is 3. The predicted octanol–water partition coefficient (Wildman–Crippen LogP) is 5.74.